The smallest absolute Gasteiger partial charge is 0.270 e. The largest absolute Gasteiger partial charge is 0.489 e. The van der Waals surface area contributed by atoms with Crippen molar-refractivity contribution in [3.05, 3.63) is 70.7 Å². The lowest BCUT2D eigenvalue weighted by atomic mass is 10.2. The summed E-state index contributed by atoms with van der Waals surface area (Å²) in [5.41, 5.74) is 1.11. The number of aromatic nitrogens is 1. The first-order chi connectivity index (χ1) is 13.4. The fourth-order valence-electron chi connectivity index (χ4n) is 2.42. The molecule has 3 rings (SSSR count). The first kappa shape index (κ1) is 19.9. The second-order valence-electron chi connectivity index (χ2n) is 6.66. The van der Waals surface area contributed by atoms with Crippen molar-refractivity contribution in [1.29, 1.82) is 0 Å². The maximum atomic E-state index is 13.6. The fourth-order valence-corrected chi connectivity index (χ4v) is 3.22. The Morgan fingerprint density at radius 2 is 1.82 bits per heavy atom. The van der Waals surface area contributed by atoms with E-state index in [2.05, 4.69) is 10.3 Å². The molecule has 0 aliphatic carbocycles. The molecule has 2 aromatic carbocycles. The van der Waals surface area contributed by atoms with E-state index in [4.69, 9.17) is 4.74 Å². The van der Waals surface area contributed by atoms with Crippen LogP contribution in [0.15, 0.2) is 47.8 Å². The van der Waals surface area contributed by atoms with Crippen molar-refractivity contribution in [3.63, 3.8) is 0 Å². The van der Waals surface area contributed by atoms with Crippen molar-refractivity contribution in [3.8, 4) is 16.3 Å². The number of carbonyl (C=O) groups is 1. The van der Waals surface area contributed by atoms with Gasteiger partial charge >= 0.3 is 0 Å². The number of nitrogens with zero attached hydrogens (tertiary/aromatic N) is 1. The van der Waals surface area contributed by atoms with Crippen molar-refractivity contribution in [2.45, 2.75) is 20.5 Å². The monoisotopic (exact) mass is 402 g/mol. The molecular formula is C21H20F2N2O2S. The molecule has 1 N–H and O–H groups in total. The van der Waals surface area contributed by atoms with Gasteiger partial charge in [-0.25, -0.2) is 13.8 Å². The van der Waals surface area contributed by atoms with Gasteiger partial charge < -0.3 is 10.1 Å². The van der Waals surface area contributed by atoms with Gasteiger partial charge in [0.15, 0.2) is 0 Å². The van der Waals surface area contributed by atoms with Gasteiger partial charge in [0.25, 0.3) is 5.91 Å². The summed E-state index contributed by atoms with van der Waals surface area (Å²) in [6.07, 6.45) is 0. The maximum Gasteiger partial charge on any atom is 0.270 e. The summed E-state index contributed by atoms with van der Waals surface area (Å²) in [4.78, 5) is 16.4. The Labute approximate surface area is 166 Å². The summed E-state index contributed by atoms with van der Waals surface area (Å²) in [5, 5.41) is 5.27. The molecule has 146 valence electrons. The van der Waals surface area contributed by atoms with Gasteiger partial charge in [0, 0.05) is 17.5 Å². The zero-order valence-electron chi connectivity index (χ0n) is 15.5. The van der Waals surface area contributed by atoms with E-state index in [0.717, 1.165) is 5.56 Å². The van der Waals surface area contributed by atoms with E-state index in [9.17, 15) is 13.6 Å². The van der Waals surface area contributed by atoms with Gasteiger partial charge in [0.1, 0.15) is 34.7 Å². The Hall–Kier alpha value is -2.80. The van der Waals surface area contributed by atoms with E-state index >= 15 is 0 Å². The summed E-state index contributed by atoms with van der Waals surface area (Å²) in [6.45, 7) is 4.45. The van der Waals surface area contributed by atoms with E-state index in [1.165, 1.54) is 29.5 Å². The maximum absolute atomic E-state index is 13.6. The molecule has 4 nitrogen and oxygen atoms in total. The average Bonchev–Trinajstić information content (AvgIpc) is 3.16. The Bertz CT molecular complexity index is 935. The average molecular weight is 402 g/mol. The third-order valence-electron chi connectivity index (χ3n) is 3.95. The molecule has 28 heavy (non-hydrogen) atoms. The molecule has 1 amide bonds. The number of nitrogens with one attached hydrogen (secondary N) is 1. The first-order valence-electron chi connectivity index (χ1n) is 8.84. The Morgan fingerprint density at radius 1 is 1.14 bits per heavy atom. The van der Waals surface area contributed by atoms with Crippen LogP contribution in [0.1, 0.15) is 29.9 Å². The van der Waals surface area contributed by atoms with Gasteiger partial charge in [0.2, 0.25) is 0 Å². The van der Waals surface area contributed by atoms with Crippen molar-refractivity contribution in [1.82, 2.24) is 10.3 Å². The molecule has 3 aromatic rings. The summed E-state index contributed by atoms with van der Waals surface area (Å²) in [6, 6.07) is 10.7. The molecule has 0 aliphatic rings. The van der Waals surface area contributed by atoms with Crippen molar-refractivity contribution in [2.24, 2.45) is 5.92 Å². The molecule has 0 saturated heterocycles. The van der Waals surface area contributed by atoms with Gasteiger partial charge in [-0.1, -0.05) is 19.9 Å². The van der Waals surface area contributed by atoms with Gasteiger partial charge in [-0.2, -0.15) is 0 Å². The third kappa shape index (κ3) is 4.92. The molecule has 0 aliphatic heterocycles. The quantitative estimate of drug-likeness (QED) is 0.601. The van der Waals surface area contributed by atoms with Crippen LogP contribution < -0.4 is 10.1 Å². The van der Waals surface area contributed by atoms with Crippen molar-refractivity contribution in [2.75, 3.05) is 6.54 Å². The normalized spacial score (nSPS) is 10.9. The predicted octanol–water partition coefficient (Wildman–Crippen LogP) is 5.05. The molecular weight excluding hydrogens is 382 g/mol. The lowest BCUT2D eigenvalue weighted by Crippen LogP contribution is -2.27. The first-order valence-corrected chi connectivity index (χ1v) is 9.72. The van der Waals surface area contributed by atoms with Gasteiger partial charge in [-0.05, 0) is 42.3 Å². The lowest BCUT2D eigenvalue weighted by Gasteiger charge is -2.08. The highest BCUT2D eigenvalue weighted by Gasteiger charge is 2.13. The minimum Gasteiger partial charge on any atom is -0.489 e. The molecule has 0 unspecified atom stereocenters. The van der Waals surface area contributed by atoms with Crippen LogP contribution in [0.3, 0.4) is 0 Å². The SMILES string of the molecule is CC(C)CNC(=O)c1csc(-c2ccc(OCc3c(F)cccc3F)cc2)n1. The second-order valence-corrected chi connectivity index (χ2v) is 7.51. The molecule has 0 spiro atoms. The molecule has 0 atom stereocenters. The minimum absolute atomic E-state index is 0.108. The standard InChI is InChI=1S/C21H20F2N2O2S/c1-13(2)10-24-20(26)19-12-28-21(25-19)14-6-8-15(9-7-14)27-11-16-17(22)4-3-5-18(16)23/h3-9,12-13H,10-11H2,1-2H3,(H,24,26). The number of halogens is 2. The fraction of sp³-hybridized carbons (Fsp3) is 0.238. The minimum atomic E-state index is -0.636. The number of thiazole rings is 1. The van der Waals surface area contributed by atoms with Crippen LogP contribution in [-0.4, -0.2) is 17.4 Å². The topological polar surface area (TPSA) is 51.2 Å². The van der Waals surface area contributed by atoms with Crippen LogP contribution in [0.4, 0.5) is 8.78 Å². The summed E-state index contributed by atoms with van der Waals surface area (Å²) in [7, 11) is 0. The van der Waals surface area contributed by atoms with Crippen molar-refractivity contribution < 1.29 is 18.3 Å². The predicted molar refractivity (Wildman–Crippen MR) is 105 cm³/mol. The van der Waals surface area contributed by atoms with Gasteiger partial charge in [-0.3, -0.25) is 4.79 Å². The number of ether oxygens (including phenoxy) is 1. The number of hydrogen-bond donors (Lipinski definition) is 1. The van der Waals surface area contributed by atoms with Crippen LogP contribution in [-0.2, 0) is 6.61 Å². The van der Waals surface area contributed by atoms with Gasteiger partial charge in [-0.15, -0.1) is 11.3 Å². The van der Waals surface area contributed by atoms with Gasteiger partial charge in [0.05, 0.1) is 5.56 Å². The molecule has 7 heteroatoms. The molecule has 1 aromatic heterocycles. The summed E-state index contributed by atoms with van der Waals surface area (Å²) >= 11 is 1.37. The second kappa shape index (κ2) is 8.93. The highest BCUT2D eigenvalue weighted by Crippen LogP contribution is 2.26. The highest BCUT2D eigenvalue weighted by atomic mass is 32.1. The molecule has 0 radical (unpaired) electrons. The summed E-state index contributed by atoms with van der Waals surface area (Å²) < 4.78 is 32.8. The van der Waals surface area contributed by atoms with Crippen LogP contribution in [0, 0.1) is 17.6 Å². The molecule has 0 fully saturated rings. The number of amides is 1. The highest BCUT2D eigenvalue weighted by molar-refractivity contribution is 7.13. The van der Waals surface area contributed by atoms with E-state index in [0.29, 0.717) is 28.9 Å². The van der Waals surface area contributed by atoms with Crippen molar-refractivity contribution >= 4 is 17.2 Å². The van der Waals surface area contributed by atoms with Crippen LogP contribution in [0.25, 0.3) is 10.6 Å². The molecule has 0 saturated carbocycles. The van der Waals surface area contributed by atoms with E-state index in [-0.39, 0.29) is 18.1 Å². The molecule has 1 heterocycles. The number of hydrogen-bond acceptors (Lipinski definition) is 4. The zero-order valence-corrected chi connectivity index (χ0v) is 16.4. The van der Waals surface area contributed by atoms with E-state index < -0.39 is 11.6 Å². The van der Waals surface area contributed by atoms with E-state index in [1.54, 1.807) is 29.6 Å². The Balaban J connectivity index is 1.64. The Morgan fingerprint density at radius 3 is 2.46 bits per heavy atom. The third-order valence-corrected chi connectivity index (χ3v) is 4.85. The van der Waals surface area contributed by atoms with Crippen LogP contribution >= 0.6 is 11.3 Å². The molecule has 0 bridgehead atoms. The lowest BCUT2D eigenvalue weighted by molar-refractivity contribution is 0.0945. The summed E-state index contributed by atoms with van der Waals surface area (Å²) in [5.74, 6) is -0.612. The number of rotatable bonds is 7. The number of carbonyl (C=O) groups excluding carboxylic acids is 1. The zero-order chi connectivity index (χ0) is 20.1. The number of benzene rings is 2. The van der Waals surface area contributed by atoms with E-state index in [1.807, 2.05) is 13.8 Å². The Kier molecular flexibility index (Phi) is 6.36. The van der Waals surface area contributed by atoms with Crippen LogP contribution in [0.2, 0.25) is 0 Å². The van der Waals surface area contributed by atoms with Crippen LogP contribution in [0.5, 0.6) is 5.75 Å².